The van der Waals surface area contributed by atoms with E-state index in [4.69, 9.17) is 4.98 Å². The third-order valence-corrected chi connectivity index (χ3v) is 6.06. The lowest BCUT2D eigenvalue weighted by Crippen LogP contribution is -2.38. The summed E-state index contributed by atoms with van der Waals surface area (Å²) in [4.78, 5) is 23.2. The number of rotatable bonds is 7. The maximum Gasteiger partial charge on any atom is 0.227 e. The molecule has 0 bridgehead atoms. The van der Waals surface area contributed by atoms with Crippen LogP contribution in [0.4, 0.5) is 5.69 Å². The van der Waals surface area contributed by atoms with E-state index in [1.165, 1.54) is 24.0 Å². The lowest BCUT2D eigenvalue weighted by Gasteiger charge is -2.30. The first kappa shape index (κ1) is 20.6. The number of likely N-dealkylation sites (tertiary alicyclic amines) is 1. The molecule has 3 aromatic rings. The molecule has 0 aliphatic carbocycles. The highest BCUT2D eigenvalue weighted by Crippen LogP contribution is 2.22. The number of unbranched alkanes of at least 4 members (excludes halogenated alkanes) is 1. The Bertz CT molecular complexity index is 984. The summed E-state index contributed by atoms with van der Waals surface area (Å²) in [6.07, 6.45) is 5.29. The zero-order chi connectivity index (χ0) is 20.9. The smallest absolute Gasteiger partial charge is 0.227 e. The highest BCUT2D eigenvalue weighted by molar-refractivity contribution is 5.92. The van der Waals surface area contributed by atoms with E-state index in [1.807, 2.05) is 12.1 Å². The SMILES string of the molecule is CCCCc1ccc(NC(=O)C2CCN(Cc3nc4ccc(C)cc4[nH]3)CC2)cc1. The predicted molar refractivity (Wildman–Crippen MR) is 123 cm³/mol. The van der Waals surface area contributed by atoms with E-state index in [0.29, 0.717) is 0 Å². The van der Waals surface area contributed by atoms with Gasteiger partial charge in [-0.2, -0.15) is 0 Å². The van der Waals surface area contributed by atoms with E-state index in [-0.39, 0.29) is 11.8 Å². The predicted octanol–water partition coefficient (Wildman–Crippen LogP) is 5.06. The van der Waals surface area contributed by atoms with Crippen LogP contribution in [0, 0.1) is 12.8 Å². The van der Waals surface area contributed by atoms with Crippen LogP contribution in [0.3, 0.4) is 0 Å². The van der Waals surface area contributed by atoms with Crippen molar-refractivity contribution in [2.24, 2.45) is 5.92 Å². The lowest BCUT2D eigenvalue weighted by atomic mass is 9.95. The molecule has 5 heteroatoms. The molecule has 1 aliphatic rings. The number of aryl methyl sites for hydroxylation is 2. The number of H-pyrrole nitrogens is 1. The summed E-state index contributed by atoms with van der Waals surface area (Å²) in [5.74, 6) is 1.23. The first-order valence-electron chi connectivity index (χ1n) is 11.2. The summed E-state index contributed by atoms with van der Waals surface area (Å²) >= 11 is 0. The van der Waals surface area contributed by atoms with Gasteiger partial charge in [-0.25, -0.2) is 4.98 Å². The fourth-order valence-electron chi connectivity index (χ4n) is 4.20. The second-order valence-corrected chi connectivity index (χ2v) is 8.54. The normalized spacial score (nSPS) is 15.5. The van der Waals surface area contributed by atoms with Crippen LogP contribution in [0.15, 0.2) is 42.5 Å². The number of anilines is 1. The quantitative estimate of drug-likeness (QED) is 0.578. The number of amides is 1. The Hall–Kier alpha value is -2.66. The first-order chi connectivity index (χ1) is 14.6. The zero-order valence-electron chi connectivity index (χ0n) is 18.1. The molecule has 0 unspecified atom stereocenters. The van der Waals surface area contributed by atoms with E-state index < -0.39 is 0 Å². The third kappa shape index (κ3) is 5.08. The molecule has 0 radical (unpaired) electrons. The van der Waals surface area contributed by atoms with Crippen LogP contribution < -0.4 is 5.32 Å². The first-order valence-corrected chi connectivity index (χ1v) is 11.2. The maximum absolute atomic E-state index is 12.7. The van der Waals surface area contributed by atoms with Crippen LogP contribution in [-0.4, -0.2) is 33.9 Å². The van der Waals surface area contributed by atoms with Gasteiger partial charge in [-0.3, -0.25) is 9.69 Å². The lowest BCUT2D eigenvalue weighted by molar-refractivity contribution is -0.121. The summed E-state index contributed by atoms with van der Waals surface area (Å²) in [6.45, 7) is 6.95. The van der Waals surface area contributed by atoms with E-state index in [1.54, 1.807) is 0 Å². The number of nitrogens with zero attached hydrogens (tertiary/aromatic N) is 2. The Kier molecular flexibility index (Phi) is 6.48. The van der Waals surface area contributed by atoms with E-state index in [0.717, 1.165) is 61.4 Å². The molecule has 1 aromatic heterocycles. The van der Waals surface area contributed by atoms with Crippen LogP contribution in [0.1, 0.15) is 49.6 Å². The number of hydrogen-bond acceptors (Lipinski definition) is 3. The van der Waals surface area contributed by atoms with Gasteiger partial charge in [0.1, 0.15) is 5.82 Å². The highest BCUT2D eigenvalue weighted by atomic mass is 16.1. The van der Waals surface area contributed by atoms with Crippen molar-refractivity contribution < 1.29 is 4.79 Å². The molecular formula is C25H32N4O. The van der Waals surface area contributed by atoms with Crippen molar-refractivity contribution in [3.8, 4) is 0 Å². The average Bonchev–Trinajstić information content (AvgIpc) is 3.15. The number of nitrogens with one attached hydrogen (secondary N) is 2. The Labute approximate surface area is 178 Å². The van der Waals surface area contributed by atoms with Gasteiger partial charge in [-0.05, 0) is 81.1 Å². The van der Waals surface area contributed by atoms with E-state index in [9.17, 15) is 4.79 Å². The number of aromatic amines is 1. The van der Waals surface area contributed by atoms with Crippen molar-refractivity contribution in [3.05, 3.63) is 59.4 Å². The summed E-state index contributed by atoms with van der Waals surface area (Å²) < 4.78 is 0. The third-order valence-electron chi connectivity index (χ3n) is 6.06. The van der Waals surface area contributed by atoms with Crippen LogP contribution in [-0.2, 0) is 17.8 Å². The molecule has 2 N–H and O–H groups in total. The van der Waals surface area contributed by atoms with Crippen molar-refractivity contribution in [2.75, 3.05) is 18.4 Å². The fraction of sp³-hybridized carbons (Fsp3) is 0.440. The minimum Gasteiger partial charge on any atom is -0.341 e. The number of hydrogen-bond donors (Lipinski definition) is 2. The molecule has 1 amide bonds. The number of piperidine rings is 1. The second kappa shape index (κ2) is 9.43. The van der Waals surface area contributed by atoms with Gasteiger partial charge >= 0.3 is 0 Å². The number of benzene rings is 2. The van der Waals surface area contributed by atoms with Crippen molar-refractivity contribution in [1.82, 2.24) is 14.9 Å². The molecule has 4 rings (SSSR count). The highest BCUT2D eigenvalue weighted by Gasteiger charge is 2.25. The van der Waals surface area contributed by atoms with Crippen molar-refractivity contribution >= 4 is 22.6 Å². The Balaban J connectivity index is 1.26. The largest absolute Gasteiger partial charge is 0.341 e. The number of aromatic nitrogens is 2. The van der Waals surface area contributed by atoms with Crippen molar-refractivity contribution in [3.63, 3.8) is 0 Å². The number of fused-ring (bicyclic) bond motifs is 1. The molecule has 0 atom stereocenters. The molecule has 1 aliphatic heterocycles. The molecule has 5 nitrogen and oxygen atoms in total. The molecule has 2 aromatic carbocycles. The van der Waals surface area contributed by atoms with Gasteiger partial charge in [-0.1, -0.05) is 31.5 Å². The van der Waals surface area contributed by atoms with Crippen LogP contribution in [0.2, 0.25) is 0 Å². The summed E-state index contributed by atoms with van der Waals surface area (Å²) in [5, 5.41) is 3.11. The van der Waals surface area contributed by atoms with Gasteiger partial charge < -0.3 is 10.3 Å². The Morgan fingerprint density at radius 1 is 1.17 bits per heavy atom. The Morgan fingerprint density at radius 3 is 2.67 bits per heavy atom. The van der Waals surface area contributed by atoms with Gasteiger partial charge in [0, 0.05) is 11.6 Å². The van der Waals surface area contributed by atoms with Crippen molar-refractivity contribution in [2.45, 2.75) is 52.5 Å². The molecule has 158 valence electrons. The molecule has 30 heavy (non-hydrogen) atoms. The number of carbonyl (C=O) groups excluding carboxylic acids is 1. The molecule has 2 heterocycles. The Morgan fingerprint density at radius 2 is 1.93 bits per heavy atom. The average molecular weight is 405 g/mol. The molecule has 1 saturated heterocycles. The summed E-state index contributed by atoms with van der Waals surface area (Å²) in [6, 6.07) is 14.6. The molecule has 0 spiro atoms. The van der Waals surface area contributed by atoms with Gasteiger partial charge in [0.05, 0.1) is 17.6 Å². The maximum atomic E-state index is 12.7. The second-order valence-electron chi connectivity index (χ2n) is 8.54. The number of imidazole rings is 1. The van der Waals surface area contributed by atoms with Crippen LogP contribution >= 0.6 is 0 Å². The summed E-state index contributed by atoms with van der Waals surface area (Å²) in [7, 11) is 0. The fourth-order valence-corrected chi connectivity index (χ4v) is 4.20. The van der Waals surface area contributed by atoms with Gasteiger partial charge in [0.15, 0.2) is 0 Å². The van der Waals surface area contributed by atoms with Crippen molar-refractivity contribution in [1.29, 1.82) is 0 Å². The van der Waals surface area contributed by atoms with Crippen LogP contribution in [0.5, 0.6) is 0 Å². The zero-order valence-corrected chi connectivity index (χ0v) is 18.1. The van der Waals surface area contributed by atoms with E-state index in [2.05, 4.69) is 59.4 Å². The molecule has 0 saturated carbocycles. The van der Waals surface area contributed by atoms with Gasteiger partial charge in [-0.15, -0.1) is 0 Å². The topological polar surface area (TPSA) is 61.0 Å². The minimum atomic E-state index is 0.0827. The standard InChI is InChI=1S/C25H32N4O/c1-3-4-5-19-7-9-21(10-8-19)26-25(30)20-12-14-29(15-13-20)17-24-27-22-11-6-18(2)16-23(22)28-24/h6-11,16,20H,3-5,12-15,17H2,1-2H3,(H,26,30)(H,27,28). The van der Waals surface area contributed by atoms with Crippen LogP contribution in [0.25, 0.3) is 11.0 Å². The number of carbonyl (C=O) groups is 1. The molecular weight excluding hydrogens is 372 g/mol. The minimum absolute atomic E-state index is 0.0827. The van der Waals surface area contributed by atoms with Gasteiger partial charge in [0.25, 0.3) is 0 Å². The summed E-state index contributed by atoms with van der Waals surface area (Å²) in [5.41, 5.74) is 5.59. The van der Waals surface area contributed by atoms with Gasteiger partial charge in [0.2, 0.25) is 5.91 Å². The monoisotopic (exact) mass is 404 g/mol. The molecule has 1 fully saturated rings. The van der Waals surface area contributed by atoms with E-state index >= 15 is 0 Å².